The normalized spacial score (nSPS) is 17.6. The van der Waals surface area contributed by atoms with E-state index in [0.29, 0.717) is 11.1 Å². The van der Waals surface area contributed by atoms with Crippen LogP contribution in [0, 0.1) is 0 Å². The summed E-state index contributed by atoms with van der Waals surface area (Å²) in [4.78, 5) is 0. The fourth-order valence-corrected chi connectivity index (χ4v) is 1.62. The average Bonchev–Trinajstić information content (AvgIpc) is 2.13. The van der Waals surface area contributed by atoms with E-state index in [9.17, 15) is 0 Å². The van der Waals surface area contributed by atoms with E-state index in [1.54, 1.807) is 18.2 Å². The number of aryl methyl sites for hydroxylation is 2. The van der Waals surface area contributed by atoms with Crippen molar-refractivity contribution in [3.8, 4) is 0 Å². The summed E-state index contributed by atoms with van der Waals surface area (Å²) in [7, 11) is 0. The summed E-state index contributed by atoms with van der Waals surface area (Å²) in [6.45, 7) is 6.98. The predicted molar refractivity (Wildman–Crippen MR) is 59.3 cm³/mol. The Bertz CT molecular complexity index is 365. The molecule has 0 aliphatic heterocycles. The molecular formula is C13H20. The van der Waals surface area contributed by atoms with Gasteiger partial charge in [0.15, 0.2) is 0 Å². The van der Waals surface area contributed by atoms with Crippen LogP contribution in [0.1, 0.15) is 55.8 Å². The highest BCUT2D eigenvalue weighted by Gasteiger charge is 2.08. The Morgan fingerprint density at radius 3 is 1.92 bits per heavy atom. The highest BCUT2D eigenvalue weighted by Crippen LogP contribution is 2.24. The van der Waals surface area contributed by atoms with Crippen molar-refractivity contribution >= 4 is 0 Å². The first-order valence-electron chi connectivity index (χ1n) is 6.69. The highest BCUT2D eigenvalue weighted by molar-refractivity contribution is 5.37. The van der Waals surface area contributed by atoms with Crippen LogP contribution < -0.4 is 0 Å². The zero-order valence-electron chi connectivity index (χ0n) is 12.8. The number of hydrogen-bond donors (Lipinski definition) is 0. The minimum absolute atomic E-state index is 0.103. The Labute approximate surface area is 87.6 Å². The van der Waals surface area contributed by atoms with Gasteiger partial charge in [0.2, 0.25) is 0 Å². The number of rotatable bonds is 3. The van der Waals surface area contributed by atoms with E-state index in [1.807, 2.05) is 13.8 Å². The second-order valence-corrected chi connectivity index (χ2v) is 3.42. The molecule has 0 radical (unpaired) electrons. The zero-order chi connectivity index (χ0) is 13.4. The Kier molecular flexibility index (Phi) is 2.00. The van der Waals surface area contributed by atoms with E-state index in [0.717, 1.165) is 5.56 Å². The van der Waals surface area contributed by atoms with Crippen molar-refractivity contribution in [3.63, 3.8) is 0 Å². The van der Waals surface area contributed by atoms with Crippen molar-refractivity contribution < 1.29 is 5.48 Å². The molecule has 1 aromatic carbocycles. The van der Waals surface area contributed by atoms with Gasteiger partial charge in [0, 0.05) is 5.48 Å². The van der Waals surface area contributed by atoms with Gasteiger partial charge in [-0.15, -0.1) is 0 Å². The summed E-state index contributed by atoms with van der Waals surface area (Å²) in [5.74, 6) is 0.103. The molecule has 0 heterocycles. The molecule has 1 aromatic rings. The van der Waals surface area contributed by atoms with E-state index in [-0.39, 0.29) is 5.92 Å². The van der Waals surface area contributed by atoms with Gasteiger partial charge in [-0.2, -0.15) is 0 Å². The van der Waals surface area contributed by atoms with Crippen molar-refractivity contribution in [1.29, 1.82) is 0 Å². The van der Waals surface area contributed by atoms with E-state index < -0.39 is 12.7 Å². The fourth-order valence-electron chi connectivity index (χ4n) is 1.62. The van der Waals surface area contributed by atoms with Crippen molar-refractivity contribution in [2.75, 3.05) is 0 Å². The monoisotopic (exact) mass is 180 g/mol. The molecule has 0 N–H and O–H groups in total. The second-order valence-electron chi connectivity index (χ2n) is 3.42. The topological polar surface area (TPSA) is 0 Å². The van der Waals surface area contributed by atoms with Crippen LogP contribution in [0.5, 0.6) is 0 Å². The van der Waals surface area contributed by atoms with Gasteiger partial charge < -0.3 is 0 Å². The van der Waals surface area contributed by atoms with Crippen LogP contribution in [0.4, 0.5) is 0 Å². The summed E-state index contributed by atoms with van der Waals surface area (Å²) in [6, 6.07) is 5.24. The summed E-state index contributed by atoms with van der Waals surface area (Å²) < 4.78 is 31.4. The SMILES string of the molecule is [2H]C([2H])(C)c1cccc(C([2H])([2H])C)c1C(C)C. The largest absolute Gasteiger partial charge is 0.0617 e. The van der Waals surface area contributed by atoms with Crippen LogP contribution in [0.3, 0.4) is 0 Å². The van der Waals surface area contributed by atoms with Crippen LogP contribution in [-0.4, -0.2) is 0 Å². The highest BCUT2D eigenvalue weighted by atomic mass is 14.1. The molecule has 0 fully saturated rings. The molecule has 0 atom stereocenters. The lowest BCUT2D eigenvalue weighted by Crippen LogP contribution is -2.00. The fraction of sp³-hybridized carbons (Fsp3) is 0.538. The van der Waals surface area contributed by atoms with Crippen LogP contribution >= 0.6 is 0 Å². The van der Waals surface area contributed by atoms with Crippen molar-refractivity contribution in [2.45, 2.75) is 46.4 Å². The molecular weight excluding hydrogens is 156 g/mol. The maximum absolute atomic E-state index is 7.85. The van der Waals surface area contributed by atoms with Crippen LogP contribution in [-0.2, 0) is 12.7 Å². The van der Waals surface area contributed by atoms with Gasteiger partial charge in [0.05, 0.1) is 0 Å². The minimum atomic E-state index is -1.44. The van der Waals surface area contributed by atoms with E-state index in [4.69, 9.17) is 5.48 Å². The third kappa shape index (κ3) is 2.12. The molecule has 0 unspecified atom stereocenters. The summed E-state index contributed by atoms with van der Waals surface area (Å²) in [6.07, 6.45) is -2.89. The Hall–Kier alpha value is -0.780. The van der Waals surface area contributed by atoms with Gasteiger partial charge in [-0.3, -0.25) is 0 Å². The molecule has 0 aromatic heterocycles. The van der Waals surface area contributed by atoms with Gasteiger partial charge in [0.25, 0.3) is 0 Å². The van der Waals surface area contributed by atoms with Gasteiger partial charge in [-0.1, -0.05) is 45.9 Å². The molecule has 0 spiro atoms. The average molecular weight is 180 g/mol. The molecule has 0 amide bonds. The lowest BCUT2D eigenvalue weighted by atomic mass is 9.90. The van der Waals surface area contributed by atoms with Gasteiger partial charge in [-0.05, 0) is 35.4 Å². The van der Waals surface area contributed by atoms with Gasteiger partial charge in [-0.25, -0.2) is 0 Å². The third-order valence-corrected chi connectivity index (χ3v) is 2.22. The summed E-state index contributed by atoms with van der Waals surface area (Å²) in [5.41, 5.74) is 1.99. The molecule has 0 saturated heterocycles. The van der Waals surface area contributed by atoms with Crippen molar-refractivity contribution in [3.05, 3.63) is 34.9 Å². The maximum atomic E-state index is 7.85. The molecule has 72 valence electrons. The third-order valence-electron chi connectivity index (χ3n) is 2.22. The lowest BCUT2D eigenvalue weighted by molar-refractivity contribution is 0.822. The second kappa shape index (κ2) is 4.45. The molecule has 0 aliphatic rings. The summed E-state index contributed by atoms with van der Waals surface area (Å²) >= 11 is 0. The Morgan fingerprint density at radius 1 is 1.15 bits per heavy atom. The standard InChI is InChI=1S/C13H20/c1-5-11-8-7-9-12(6-2)13(11)10(3)4/h7-10H,5-6H2,1-4H3/i5D2,6D2. The predicted octanol–water partition coefficient (Wildman–Crippen LogP) is 3.93. The van der Waals surface area contributed by atoms with Gasteiger partial charge in [0.1, 0.15) is 0 Å². The number of benzene rings is 1. The van der Waals surface area contributed by atoms with Gasteiger partial charge >= 0.3 is 0 Å². The van der Waals surface area contributed by atoms with Crippen LogP contribution in [0.2, 0.25) is 0 Å². The minimum Gasteiger partial charge on any atom is -0.0617 e. The summed E-state index contributed by atoms with van der Waals surface area (Å²) in [5, 5.41) is 0. The molecule has 0 bridgehead atoms. The first-order chi connectivity index (χ1) is 7.55. The zero-order valence-corrected chi connectivity index (χ0v) is 8.81. The first-order valence-corrected chi connectivity index (χ1v) is 4.69. The molecule has 0 aliphatic carbocycles. The first kappa shape index (κ1) is 5.85. The molecule has 0 nitrogen and oxygen atoms in total. The number of hydrogen-bond acceptors (Lipinski definition) is 0. The molecule has 0 heteroatoms. The molecule has 13 heavy (non-hydrogen) atoms. The molecule has 0 saturated carbocycles. The Balaban J connectivity index is 3.55. The molecule has 1 rings (SSSR count). The smallest absolute Gasteiger partial charge is 0.0313 e. The maximum Gasteiger partial charge on any atom is 0.0313 e. The van der Waals surface area contributed by atoms with E-state index in [2.05, 4.69) is 0 Å². The van der Waals surface area contributed by atoms with Crippen molar-refractivity contribution in [2.24, 2.45) is 0 Å². The van der Waals surface area contributed by atoms with E-state index >= 15 is 0 Å². The van der Waals surface area contributed by atoms with Crippen molar-refractivity contribution in [1.82, 2.24) is 0 Å². The quantitative estimate of drug-likeness (QED) is 0.661. The van der Waals surface area contributed by atoms with E-state index in [1.165, 1.54) is 13.8 Å². The Morgan fingerprint density at radius 2 is 1.62 bits per heavy atom. The van der Waals surface area contributed by atoms with Crippen LogP contribution in [0.25, 0.3) is 0 Å². The lowest BCUT2D eigenvalue weighted by Gasteiger charge is -2.16. The van der Waals surface area contributed by atoms with Crippen LogP contribution in [0.15, 0.2) is 18.2 Å².